The minimum Gasteiger partial charge on any atom is -0.479 e. The average Bonchev–Trinajstić information content (AvgIpc) is 2.91. The topological polar surface area (TPSA) is 86.7 Å². The molecule has 0 aromatic carbocycles. The fraction of sp³-hybridized carbons (Fsp3) is 0.722. The lowest BCUT2D eigenvalue weighted by atomic mass is 10.1. The first kappa shape index (κ1) is 17.1. The van der Waals surface area contributed by atoms with Gasteiger partial charge in [0.2, 0.25) is 11.4 Å². The molecule has 1 aliphatic carbocycles. The summed E-state index contributed by atoms with van der Waals surface area (Å²) in [5.41, 5.74) is -1.73. The molecule has 3 rings (SSSR count). The first-order valence-corrected chi connectivity index (χ1v) is 9.08. The number of nitrogens with zero attached hydrogens (tertiary/aromatic N) is 1. The van der Waals surface area contributed by atoms with Gasteiger partial charge in [-0.3, -0.25) is 14.5 Å². The maximum Gasteiger partial charge on any atom is 0.338 e. The number of amides is 1. The highest BCUT2D eigenvalue weighted by molar-refractivity contribution is 6.27. The van der Waals surface area contributed by atoms with Crippen LogP contribution in [-0.4, -0.2) is 52.3 Å². The van der Waals surface area contributed by atoms with E-state index in [0.29, 0.717) is 0 Å². The SMILES string of the molecule is O=C1NC2(C(=O)O)C(=O)C2/C=C\CCCCCCCN2CCCC12. The zero-order valence-electron chi connectivity index (χ0n) is 14.0. The van der Waals surface area contributed by atoms with Crippen molar-refractivity contribution < 1.29 is 19.5 Å². The largest absolute Gasteiger partial charge is 0.479 e. The molecule has 6 nitrogen and oxygen atoms in total. The summed E-state index contributed by atoms with van der Waals surface area (Å²) in [5, 5.41) is 12.1. The molecular formula is C18H26N2O4. The van der Waals surface area contributed by atoms with Crippen LogP contribution in [0.25, 0.3) is 0 Å². The van der Waals surface area contributed by atoms with Gasteiger partial charge in [-0.05, 0) is 45.2 Å². The van der Waals surface area contributed by atoms with E-state index in [0.717, 1.165) is 58.0 Å². The molecule has 1 saturated heterocycles. The van der Waals surface area contributed by atoms with Gasteiger partial charge in [0.25, 0.3) is 0 Å². The maximum atomic E-state index is 12.6. The van der Waals surface area contributed by atoms with Crippen LogP contribution in [0.5, 0.6) is 0 Å². The summed E-state index contributed by atoms with van der Waals surface area (Å²) in [6.07, 6.45) is 11.7. The number of carboxylic acids is 1. The molecule has 1 saturated carbocycles. The summed E-state index contributed by atoms with van der Waals surface area (Å²) >= 11 is 0. The highest BCUT2D eigenvalue weighted by Gasteiger charge is 2.71. The Morgan fingerprint density at radius 3 is 2.62 bits per heavy atom. The summed E-state index contributed by atoms with van der Waals surface area (Å²) in [5.74, 6) is -2.69. The van der Waals surface area contributed by atoms with Gasteiger partial charge >= 0.3 is 5.97 Å². The molecule has 6 heteroatoms. The molecule has 132 valence electrons. The van der Waals surface area contributed by atoms with Gasteiger partial charge in [-0.15, -0.1) is 0 Å². The lowest BCUT2D eigenvalue weighted by Crippen LogP contribution is -2.53. The summed E-state index contributed by atoms with van der Waals surface area (Å²) in [4.78, 5) is 38.6. The Morgan fingerprint density at radius 1 is 1.12 bits per heavy atom. The Hall–Kier alpha value is -1.69. The van der Waals surface area contributed by atoms with E-state index in [1.54, 1.807) is 6.08 Å². The van der Waals surface area contributed by atoms with Crippen LogP contribution >= 0.6 is 0 Å². The van der Waals surface area contributed by atoms with Crippen LogP contribution in [0.3, 0.4) is 0 Å². The first-order chi connectivity index (χ1) is 11.6. The van der Waals surface area contributed by atoms with E-state index in [2.05, 4.69) is 10.2 Å². The number of fused-ring (bicyclic) bond motifs is 2. The molecule has 0 radical (unpaired) electrons. The maximum absolute atomic E-state index is 12.6. The minimum atomic E-state index is -1.73. The van der Waals surface area contributed by atoms with Crippen LogP contribution in [0.2, 0.25) is 0 Å². The number of carbonyl (C=O) groups is 3. The van der Waals surface area contributed by atoms with Crippen LogP contribution < -0.4 is 5.32 Å². The van der Waals surface area contributed by atoms with Gasteiger partial charge in [-0.2, -0.15) is 0 Å². The van der Waals surface area contributed by atoms with Crippen LogP contribution in [0.1, 0.15) is 51.4 Å². The van der Waals surface area contributed by atoms with Crippen LogP contribution in [0.15, 0.2) is 12.2 Å². The molecule has 1 amide bonds. The highest BCUT2D eigenvalue weighted by atomic mass is 16.4. The highest BCUT2D eigenvalue weighted by Crippen LogP contribution is 2.41. The van der Waals surface area contributed by atoms with Crippen LogP contribution in [0.4, 0.5) is 0 Å². The molecule has 2 fully saturated rings. The van der Waals surface area contributed by atoms with E-state index in [4.69, 9.17) is 0 Å². The second-order valence-corrected chi connectivity index (χ2v) is 7.12. The van der Waals surface area contributed by atoms with Gasteiger partial charge in [0.1, 0.15) is 0 Å². The number of Topliss-reactive ketones (excluding diaryl/α,β-unsaturated/α-hetero) is 1. The number of ketones is 1. The summed E-state index contributed by atoms with van der Waals surface area (Å²) in [6.45, 7) is 1.74. The van der Waals surface area contributed by atoms with Crippen molar-refractivity contribution in [2.24, 2.45) is 5.92 Å². The minimum absolute atomic E-state index is 0.301. The molecule has 2 N–H and O–H groups in total. The summed E-state index contributed by atoms with van der Waals surface area (Å²) in [7, 11) is 0. The van der Waals surface area contributed by atoms with E-state index < -0.39 is 23.2 Å². The van der Waals surface area contributed by atoms with Gasteiger partial charge in [0.15, 0.2) is 5.78 Å². The molecule has 0 aromatic rings. The molecular weight excluding hydrogens is 308 g/mol. The smallest absolute Gasteiger partial charge is 0.338 e. The second-order valence-electron chi connectivity index (χ2n) is 7.12. The van der Waals surface area contributed by atoms with Gasteiger partial charge in [0, 0.05) is 0 Å². The molecule has 0 spiro atoms. The summed E-state index contributed by atoms with van der Waals surface area (Å²) < 4.78 is 0. The Balaban J connectivity index is 1.78. The lowest BCUT2D eigenvalue weighted by Gasteiger charge is -2.25. The summed E-state index contributed by atoms with van der Waals surface area (Å²) in [6, 6.07) is -0.301. The Bertz CT molecular complexity index is 559. The third kappa shape index (κ3) is 3.11. The molecule has 0 bridgehead atoms. The normalized spacial score (nSPS) is 36.7. The number of rotatable bonds is 1. The second kappa shape index (κ2) is 7.05. The number of hydrogen-bond donors (Lipinski definition) is 2. The quantitative estimate of drug-likeness (QED) is 0.560. The van der Waals surface area contributed by atoms with Crippen molar-refractivity contribution in [3.05, 3.63) is 12.2 Å². The first-order valence-electron chi connectivity index (χ1n) is 9.08. The van der Waals surface area contributed by atoms with E-state index >= 15 is 0 Å². The fourth-order valence-electron chi connectivity index (χ4n) is 4.00. The standard InChI is InChI=1S/C18H26N2O4/c21-15-13-9-6-4-2-1-3-5-7-11-20-12-8-10-14(20)16(22)19-18(13,15)17(23)24/h6,9,13-14H,1-5,7-8,10-12H2,(H,19,22)(H,23,24)/b9-6-. The van der Waals surface area contributed by atoms with Crippen molar-refractivity contribution in [2.45, 2.75) is 62.9 Å². The Kier molecular flexibility index (Phi) is 5.04. The number of aliphatic carboxylic acids is 1. The van der Waals surface area contributed by atoms with Crippen LogP contribution in [-0.2, 0) is 14.4 Å². The fourth-order valence-corrected chi connectivity index (χ4v) is 4.00. The predicted molar refractivity (Wildman–Crippen MR) is 88.4 cm³/mol. The van der Waals surface area contributed by atoms with Gasteiger partial charge in [-0.1, -0.05) is 31.4 Å². The predicted octanol–water partition coefficient (Wildman–Crippen LogP) is 1.50. The van der Waals surface area contributed by atoms with Crippen molar-refractivity contribution in [2.75, 3.05) is 13.1 Å². The number of carboxylic acid groups (broad SMARTS) is 1. The van der Waals surface area contributed by atoms with Crippen molar-refractivity contribution in [3.8, 4) is 0 Å². The molecule has 3 aliphatic rings. The molecule has 3 unspecified atom stereocenters. The Labute approximate surface area is 142 Å². The molecule has 24 heavy (non-hydrogen) atoms. The van der Waals surface area contributed by atoms with Gasteiger partial charge < -0.3 is 10.4 Å². The zero-order chi connectivity index (χ0) is 17.2. The van der Waals surface area contributed by atoms with Crippen molar-refractivity contribution in [1.82, 2.24) is 10.2 Å². The lowest BCUT2D eigenvalue weighted by molar-refractivity contribution is -0.145. The third-order valence-electron chi connectivity index (χ3n) is 5.52. The molecule has 2 heterocycles. The number of allylic oxidation sites excluding steroid dienone is 1. The zero-order valence-corrected chi connectivity index (χ0v) is 14.0. The van der Waals surface area contributed by atoms with Gasteiger partial charge in [0.05, 0.1) is 12.0 Å². The molecule has 0 aromatic heterocycles. The monoisotopic (exact) mass is 334 g/mol. The van der Waals surface area contributed by atoms with E-state index in [1.165, 1.54) is 6.42 Å². The molecule has 3 atom stereocenters. The van der Waals surface area contributed by atoms with Crippen molar-refractivity contribution in [3.63, 3.8) is 0 Å². The number of nitrogens with one attached hydrogen (secondary N) is 1. The van der Waals surface area contributed by atoms with E-state index in [9.17, 15) is 19.5 Å². The average molecular weight is 334 g/mol. The van der Waals surface area contributed by atoms with Crippen molar-refractivity contribution in [1.29, 1.82) is 0 Å². The number of hydrogen-bond acceptors (Lipinski definition) is 4. The molecule has 2 aliphatic heterocycles. The van der Waals surface area contributed by atoms with Crippen molar-refractivity contribution >= 4 is 17.7 Å². The number of carbonyl (C=O) groups excluding carboxylic acids is 2. The van der Waals surface area contributed by atoms with Crippen LogP contribution in [0, 0.1) is 5.92 Å². The Morgan fingerprint density at radius 2 is 1.83 bits per heavy atom. The van der Waals surface area contributed by atoms with Gasteiger partial charge in [-0.25, -0.2) is 4.79 Å². The third-order valence-corrected chi connectivity index (χ3v) is 5.52. The van der Waals surface area contributed by atoms with E-state index in [1.807, 2.05) is 6.08 Å². The van der Waals surface area contributed by atoms with E-state index in [-0.39, 0.29) is 11.9 Å².